The van der Waals surface area contributed by atoms with Crippen molar-refractivity contribution < 1.29 is 15.3 Å². The van der Waals surface area contributed by atoms with Gasteiger partial charge < -0.3 is 0 Å². The third-order valence-electron chi connectivity index (χ3n) is 3.41. The lowest BCUT2D eigenvalue weighted by atomic mass is 9.96. The molecule has 1 fully saturated rings. The predicted molar refractivity (Wildman–Crippen MR) is 70.7 cm³/mol. The molecule has 4 N–H and O–H groups in total. The summed E-state index contributed by atoms with van der Waals surface area (Å²) in [5.74, 6) is 0.160. The van der Waals surface area contributed by atoms with Crippen molar-refractivity contribution in [2.75, 3.05) is 0 Å². The fourth-order valence-corrected chi connectivity index (χ4v) is 2.76. The summed E-state index contributed by atoms with van der Waals surface area (Å²) in [6.45, 7) is 0. The molecule has 5 heteroatoms. The van der Waals surface area contributed by atoms with E-state index in [4.69, 9.17) is 0 Å². The van der Waals surface area contributed by atoms with E-state index in [0.29, 0.717) is 5.92 Å². The van der Waals surface area contributed by atoms with Crippen LogP contribution in [0.2, 0.25) is 0 Å². The summed E-state index contributed by atoms with van der Waals surface area (Å²) in [4.78, 5) is 22.5. The van der Waals surface area contributed by atoms with Crippen LogP contribution in [0.5, 0.6) is 0 Å². The van der Waals surface area contributed by atoms with Crippen LogP contribution < -0.4 is 11.1 Å². The molecule has 2 atom stereocenters. The molecule has 18 heavy (non-hydrogen) atoms. The van der Waals surface area contributed by atoms with Crippen molar-refractivity contribution in [2.45, 2.75) is 25.2 Å². The molecular formula is C13H16BrN2O2+. The number of carbonyl (C=O) groups excluding carboxylic acids is 2. The first kappa shape index (κ1) is 13.2. The van der Waals surface area contributed by atoms with Crippen molar-refractivity contribution in [1.82, 2.24) is 5.32 Å². The Hall–Kier alpha value is -1.20. The number of quaternary nitrogens is 1. The number of halogens is 1. The largest absolute Gasteiger partial charge is 0.418 e. The molecule has 2 rings (SSSR count). The van der Waals surface area contributed by atoms with Gasteiger partial charge in [-0.15, -0.1) is 0 Å². The zero-order chi connectivity index (χ0) is 13.1. The van der Waals surface area contributed by atoms with Gasteiger partial charge in [-0.05, 0) is 42.9 Å². The molecule has 1 saturated carbocycles. The molecule has 0 spiro atoms. The second kappa shape index (κ2) is 5.63. The normalized spacial score (nSPS) is 22.8. The highest BCUT2D eigenvalue weighted by molar-refractivity contribution is 9.10. The first-order valence-corrected chi connectivity index (χ1v) is 6.78. The van der Waals surface area contributed by atoms with Crippen LogP contribution in [-0.4, -0.2) is 11.9 Å². The maximum Gasteiger partial charge on any atom is 0.418 e. The molecule has 0 aromatic heterocycles. The molecule has 0 heterocycles. The van der Waals surface area contributed by atoms with E-state index in [1.165, 1.54) is 5.56 Å². The van der Waals surface area contributed by atoms with E-state index in [0.717, 1.165) is 23.7 Å². The molecule has 1 aliphatic rings. The molecule has 1 aromatic rings. The Bertz CT molecular complexity index is 459. The van der Waals surface area contributed by atoms with Gasteiger partial charge in [0.05, 0.1) is 0 Å². The van der Waals surface area contributed by atoms with E-state index in [-0.39, 0.29) is 11.8 Å². The van der Waals surface area contributed by atoms with Crippen molar-refractivity contribution in [3.05, 3.63) is 34.3 Å². The first-order chi connectivity index (χ1) is 8.56. The van der Waals surface area contributed by atoms with Gasteiger partial charge in [-0.1, -0.05) is 28.1 Å². The number of carbonyl (C=O) groups is 2. The fourth-order valence-electron chi connectivity index (χ4n) is 2.50. The maximum atomic E-state index is 11.7. The summed E-state index contributed by atoms with van der Waals surface area (Å²) in [7, 11) is 0. The number of hydrogen-bond donors (Lipinski definition) is 2. The Labute approximate surface area is 114 Å². The first-order valence-electron chi connectivity index (χ1n) is 5.98. The minimum atomic E-state index is -0.521. The smallest absolute Gasteiger partial charge is 0.274 e. The molecule has 4 nitrogen and oxygen atoms in total. The molecule has 3 amide bonds. The van der Waals surface area contributed by atoms with Gasteiger partial charge in [0.1, 0.15) is 0 Å². The average Bonchev–Trinajstić information content (AvgIpc) is 2.78. The van der Waals surface area contributed by atoms with Crippen molar-refractivity contribution in [3.63, 3.8) is 0 Å². The number of imide groups is 1. The predicted octanol–water partition coefficient (Wildman–Crippen LogP) is 1.81. The molecule has 0 aliphatic heterocycles. The minimum absolute atomic E-state index is 0.0654. The molecule has 0 bridgehead atoms. The van der Waals surface area contributed by atoms with Gasteiger partial charge in [-0.2, -0.15) is 0 Å². The summed E-state index contributed by atoms with van der Waals surface area (Å²) >= 11 is 3.41. The zero-order valence-electron chi connectivity index (χ0n) is 9.99. The number of amides is 3. The summed E-state index contributed by atoms with van der Waals surface area (Å²) in [6, 6.07) is 7.68. The number of urea groups is 1. The van der Waals surface area contributed by atoms with Gasteiger partial charge in [-0.3, -0.25) is 10.5 Å². The van der Waals surface area contributed by atoms with E-state index in [1.807, 2.05) is 12.1 Å². The second-order valence-corrected chi connectivity index (χ2v) is 5.59. The van der Waals surface area contributed by atoms with Crippen LogP contribution in [0.25, 0.3) is 0 Å². The summed E-state index contributed by atoms with van der Waals surface area (Å²) in [5.41, 5.74) is 4.42. The van der Waals surface area contributed by atoms with Crippen molar-refractivity contribution in [2.24, 2.45) is 5.92 Å². The number of benzene rings is 1. The SMILES string of the molecule is [NH3+]C(=O)NC(=O)[C@H]1CC[C@H](c2ccc(Br)cc2)C1. The minimum Gasteiger partial charge on any atom is -0.274 e. The van der Waals surface area contributed by atoms with Crippen LogP contribution in [-0.2, 0) is 4.79 Å². The summed E-state index contributed by atoms with van der Waals surface area (Å²) in [6.07, 6.45) is 2.63. The topological polar surface area (TPSA) is 73.8 Å². The molecule has 1 aliphatic carbocycles. The van der Waals surface area contributed by atoms with Crippen LogP contribution in [0.3, 0.4) is 0 Å². The highest BCUT2D eigenvalue weighted by atomic mass is 79.9. The van der Waals surface area contributed by atoms with Gasteiger partial charge in [0.25, 0.3) is 0 Å². The summed E-state index contributed by atoms with van der Waals surface area (Å²) < 4.78 is 1.06. The molecule has 96 valence electrons. The Balaban J connectivity index is 1.98. The van der Waals surface area contributed by atoms with Crippen LogP contribution in [0.1, 0.15) is 30.7 Å². The Kier molecular flexibility index (Phi) is 4.14. The molecule has 0 saturated heterocycles. The quantitative estimate of drug-likeness (QED) is 0.874. The van der Waals surface area contributed by atoms with Gasteiger partial charge in [0.2, 0.25) is 5.91 Å². The Morgan fingerprint density at radius 1 is 1.22 bits per heavy atom. The van der Waals surface area contributed by atoms with Crippen LogP contribution in [0, 0.1) is 5.92 Å². The lowest BCUT2D eigenvalue weighted by molar-refractivity contribution is -0.250. The highest BCUT2D eigenvalue weighted by Gasteiger charge is 2.31. The Morgan fingerprint density at radius 3 is 2.50 bits per heavy atom. The van der Waals surface area contributed by atoms with Gasteiger partial charge >= 0.3 is 6.03 Å². The lowest BCUT2D eigenvalue weighted by Crippen LogP contribution is -2.64. The van der Waals surface area contributed by atoms with E-state index >= 15 is 0 Å². The third kappa shape index (κ3) is 3.17. The average molecular weight is 312 g/mol. The molecule has 0 unspecified atom stereocenters. The maximum absolute atomic E-state index is 11.7. The number of nitrogens with one attached hydrogen (secondary N) is 1. The zero-order valence-corrected chi connectivity index (χ0v) is 11.6. The third-order valence-corrected chi connectivity index (χ3v) is 3.94. The number of rotatable bonds is 2. The van der Waals surface area contributed by atoms with Crippen molar-refractivity contribution >= 4 is 27.9 Å². The monoisotopic (exact) mass is 311 g/mol. The Morgan fingerprint density at radius 2 is 1.89 bits per heavy atom. The van der Waals surface area contributed by atoms with Crippen molar-refractivity contribution in [1.29, 1.82) is 0 Å². The highest BCUT2D eigenvalue weighted by Crippen LogP contribution is 2.38. The van der Waals surface area contributed by atoms with Gasteiger partial charge in [0, 0.05) is 10.4 Å². The van der Waals surface area contributed by atoms with Crippen LogP contribution in [0.15, 0.2) is 28.7 Å². The van der Waals surface area contributed by atoms with Gasteiger partial charge in [-0.25, -0.2) is 10.1 Å². The van der Waals surface area contributed by atoms with Gasteiger partial charge in [0.15, 0.2) is 0 Å². The molecular weight excluding hydrogens is 296 g/mol. The van der Waals surface area contributed by atoms with Crippen LogP contribution in [0.4, 0.5) is 4.79 Å². The van der Waals surface area contributed by atoms with E-state index in [1.54, 1.807) is 0 Å². The van der Waals surface area contributed by atoms with E-state index < -0.39 is 6.03 Å². The fraction of sp³-hybridized carbons (Fsp3) is 0.385. The molecule has 0 radical (unpaired) electrons. The van der Waals surface area contributed by atoms with E-state index in [2.05, 4.69) is 39.1 Å². The van der Waals surface area contributed by atoms with E-state index in [9.17, 15) is 9.59 Å². The van der Waals surface area contributed by atoms with Crippen LogP contribution >= 0.6 is 15.9 Å². The van der Waals surface area contributed by atoms with Crippen molar-refractivity contribution in [3.8, 4) is 0 Å². The lowest BCUT2D eigenvalue weighted by Gasteiger charge is -2.10. The standard InChI is InChI=1S/C13H15BrN2O2/c14-11-5-3-8(4-6-11)9-1-2-10(7-9)12(17)16-13(15)18/h3-6,9-10H,1-2,7H2,(H3,15,16,17,18)/p+1/t9-,10-/m0/s1. The summed E-state index contributed by atoms with van der Waals surface area (Å²) in [5, 5.41) is 2.27. The second-order valence-electron chi connectivity index (χ2n) is 4.67. The number of hydrogen-bond acceptors (Lipinski definition) is 2. The molecule has 1 aromatic carbocycles.